The minimum atomic E-state index is -0.550. The van der Waals surface area contributed by atoms with E-state index in [-0.39, 0.29) is 5.57 Å². The van der Waals surface area contributed by atoms with Gasteiger partial charge in [-0.1, -0.05) is 0 Å². The lowest BCUT2D eigenvalue weighted by atomic mass is 9.96. The van der Waals surface area contributed by atoms with Crippen molar-refractivity contribution in [2.24, 2.45) is 0 Å². The van der Waals surface area contributed by atoms with Crippen molar-refractivity contribution in [3.05, 3.63) is 37.9 Å². The standard InChI is InChI=1S/C19H17BrN4O2S/c1-24(2)19-15(20)8-12(26-19)7-11(9-21)17(25)23-18-14(10-22)13-5-3-4-6-16(13)27-18/h7-8H,3-6H2,1-2H3,(H,23,25). The average molecular weight is 445 g/mol. The third-order valence-corrected chi connectivity index (χ3v) is 6.03. The Balaban J connectivity index is 1.87. The fraction of sp³-hybridized carbons (Fsp3) is 0.316. The Morgan fingerprint density at radius 2 is 2.11 bits per heavy atom. The first-order valence-electron chi connectivity index (χ1n) is 8.39. The molecule has 1 amide bonds. The Morgan fingerprint density at radius 3 is 2.74 bits per heavy atom. The van der Waals surface area contributed by atoms with E-state index in [1.807, 2.05) is 20.2 Å². The number of fused-ring (bicyclic) bond motifs is 1. The molecule has 3 rings (SSSR count). The molecule has 2 aromatic rings. The summed E-state index contributed by atoms with van der Waals surface area (Å²) in [6, 6.07) is 5.81. The van der Waals surface area contributed by atoms with Gasteiger partial charge in [0.25, 0.3) is 5.91 Å². The molecule has 0 fully saturated rings. The second-order valence-electron chi connectivity index (χ2n) is 6.35. The van der Waals surface area contributed by atoms with Crippen LogP contribution in [0.2, 0.25) is 0 Å². The molecule has 2 heterocycles. The van der Waals surface area contributed by atoms with Crippen molar-refractivity contribution in [1.82, 2.24) is 0 Å². The van der Waals surface area contributed by atoms with Crippen LogP contribution in [0.4, 0.5) is 10.9 Å². The van der Waals surface area contributed by atoms with Gasteiger partial charge >= 0.3 is 0 Å². The summed E-state index contributed by atoms with van der Waals surface area (Å²) in [6.07, 6.45) is 5.33. The van der Waals surface area contributed by atoms with Gasteiger partial charge in [0.05, 0.1) is 10.0 Å². The van der Waals surface area contributed by atoms with Gasteiger partial charge in [-0.15, -0.1) is 11.3 Å². The zero-order chi connectivity index (χ0) is 19.6. The third kappa shape index (κ3) is 3.92. The number of carbonyl (C=O) groups excluding carboxylic acids is 1. The van der Waals surface area contributed by atoms with Gasteiger partial charge in [-0.25, -0.2) is 0 Å². The molecule has 2 aromatic heterocycles. The molecule has 8 heteroatoms. The summed E-state index contributed by atoms with van der Waals surface area (Å²) in [6.45, 7) is 0. The Hall–Kier alpha value is -2.55. The molecular weight excluding hydrogens is 428 g/mol. The van der Waals surface area contributed by atoms with Crippen molar-refractivity contribution in [3.8, 4) is 12.1 Å². The molecule has 0 radical (unpaired) electrons. The van der Waals surface area contributed by atoms with Gasteiger partial charge in [0.15, 0.2) is 0 Å². The van der Waals surface area contributed by atoms with E-state index < -0.39 is 5.91 Å². The number of anilines is 2. The van der Waals surface area contributed by atoms with Gasteiger partial charge in [0.2, 0.25) is 5.88 Å². The maximum atomic E-state index is 12.6. The van der Waals surface area contributed by atoms with Crippen LogP contribution in [0.15, 0.2) is 20.5 Å². The number of furan rings is 1. The van der Waals surface area contributed by atoms with E-state index in [4.69, 9.17) is 4.42 Å². The minimum Gasteiger partial charge on any atom is -0.440 e. The Labute approximate surface area is 169 Å². The first-order valence-corrected chi connectivity index (χ1v) is 10.00. The quantitative estimate of drug-likeness (QED) is 0.554. The van der Waals surface area contributed by atoms with Crippen LogP contribution in [0.5, 0.6) is 0 Å². The van der Waals surface area contributed by atoms with E-state index in [1.54, 1.807) is 11.0 Å². The maximum Gasteiger partial charge on any atom is 0.267 e. The predicted molar refractivity (Wildman–Crippen MR) is 109 cm³/mol. The van der Waals surface area contributed by atoms with Crippen molar-refractivity contribution in [3.63, 3.8) is 0 Å². The number of hydrogen-bond donors (Lipinski definition) is 1. The molecule has 0 saturated carbocycles. The summed E-state index contributed by atoms with van der Waals surface area (Å²) in [5, 5.41) is 22.2. The number of halogens is 1. The van der Waals surface area contributed by atoms with Gasteiger partial charge in [-0.05, 0) is 47.2 Å². The molecule has 27 heavy (non-hydrogen) atoms. The van der Waals surface area contributed by atoms with E-state index in [9.17, 15) is 15.3 Å². The number of nitriles is 2. The molecule has 1 aliphatic carbocycles. The lowest BCUT2D eigenvalue weighted by Crippen LogP contribution is -2.13. The highest BCUT2D eigenvalue weighted by Gasteiger charge is 2.23. The van der Waals surface area contributed by atoms with Crippen LogP contribution in [0.25, 0.3) is 6.08 Å². The van der Waals surface area contributed by atoms with Crippen LogP contribution in [-0.4, -0.2) is 20.0 Å². The zero-order valence-corrected chi connectivity index (χ0v) is 17.3. The molecule has 0 aliphatic heterocycles. The summed E-state index contributed by atoms with van der Waals surface area (Å²) in [7, 11) is 3.66. The van der Waals surface area contributed by atoms with Gasteiger partial charge in [-0.3, -0.25) is 4.79 Å². The minimum absolute atomic E-state index is 0.0863. The van der Waals surface area contributed by atoms with E-state index in [0.29, 0.717) is 22.2 Å². The average Bonchev–Trinajstić information content (AvgIpc) is 3.18. The second-order valence-corrected chi connectivity index (χ2v) is 8.31. The topological polar surface area (TPSA) is 93.1 Å². The lowest BCUT2D eigenvalue weighted by molar-refractivity contribution is -0.112. The number of aryl methyl sites for hydroxylation is 1. The number of amides is 1. The summed E-state index contributed by atoms with van der Waals surface area (Å²) >= 11 is 4.82. The molecule has 1 N–H and O–H groups in total. The molecule has 6 nitrogen and oxygen atoms in total. The Kier molecular flexibility index (Phi) is 5.69. The monoisotopic (exact) mass is 444 g/mol. The highest BCUT2D eigenvalue weighted by molar-refractivity contribution is 9.10. The Morgan fingerprint density at radius 1 is 1.37 bits per heavy atom. The zero-order valence-electron chi connectivity index (χ0n) is 14.9. The first kappa shape index (κ1) is 19.2. The molecule has 0 saturated heterocycles. The lowest BCUT2D eigenvalue weighted by Gasteiger charge is -2.09. The molecule has 138 valence electrons. The number of nitrogens with zero attached hydrogens (tertiary/aromatic N) is 3. The highest BCUT2D eigenvalue weighted by atomic mass is 79.9. The van der Waals surface area contributed by atoms with Crippen LogP contribution < -0.4 is 10.2 Å². The molecule has 0 bridgehead atoms. The molecular formula is C19H17BrN4O2S. The van der Waals surface area contributed by atoms with Crippen LogP contribution in [0.1, 0.15) is 34.6 Å². The highest BCUT2D eigenvalue weighted by Crippen LogP contribution is 2.38. The molecule has 0 spiro atoms. The largest absolute Gasteiger partial charge is 0.440 e. The van der Waals surface area contributed by atoms with Gasteiger partial charge in [0.1, 0.15) is 28.5 Å². The fourth-order valence-electron chi connectivity index (χ4n) is 2.99. The Bertz CT molecular complexity index is 1000. The summed E-state index contributed by atoms with van der Waals surface area (Å²) in [5.74, 6) is 0.437. The number of rotatable bonds is 4. The van der Waals surface area contributed by atoms with Gasteiger partial charge in [0, 0.05) is 31.1 Å². The molecule has 1 aliphatic rings. The van der Waals surface area contributed by atoms with Crippen molar-refractivity contribution < 1.29 is 9.21 Å². The number of nitrogens with one attached hydrogen (secondary N) is 1. The van der Waals surface area contributed by atoms with Crippen LogP contribution in [-0.2, 0) is 17.6 Å². The van der Waals surface area contributed by atoms with E-state index in [2.05, 4.69) is 27.3 Å². The van der Waals surface area contributed by atoms with Crippen LogP contribution in [0.3, 0.4) is 0 Å². The van der Waals surface area contributed by atoms with E-state index in [0.717, 1.165) is 40.6 Å². The number of carbonyl (C=O) groups is 1. The predicted octanol–water partition coefficient (Wildman–Crippen LogP) is 4.47. The molecule has 0 atom stereocenters. The van der Waals surface area contributed by atoms with Gasteiger partial charge in [-0.2, -0.15) is 10.5 Å². The van der Waals surface area contributed by atoms with Crippen LogP contribution in [0, 0.1) is 22.7 Å². The van der Waals surface area contributed by atoms with Crippen molar-refractivity contribution in [2.75, 3.05) is 24.3 Å². The van der Waals surface area contributed by atoms with Crippen molar-refractivity contribution in [2.45, 2.75) is 25.7 Å². The summed E-state index contributed by atoms with van der Waals surface area (Å²) in [4.78, 5) is 15.5. The molecule has 0 aromatic carbocycles. The third-order valence-electron chi connectivity index (χ3n) is 4.26. The van der Waals surface area contributed by atoms with Crippen molar-refractivity contribution >= 4 is 50.1 Å². The SMILES string of the molecule is CN(C)c1oc(C=C(C#N)C(=O)Nc2sc3c(c2C#N)CCCC3)cc1Br. The van der Waals surface area contributed by atoms with Crippen LogP contribution >= 0.6 is 27.3 Å². The van der Waals surface area contributed by atoms with E-state index >= 15 is 0 Å². The summed E-state index contributed by atoms with van der Waals surface area (Å²) < 4.78 is 6.37. The maximum absolute atomic E-state index is 12.6. The van der Waals surface area contributed by atoms with Gasteiger partial charge < -0.3 is 14.6 Å². The normalized spacial score (nSPS) is 13.4. The molecule has 0 unspecified atom stereocenters. The fourth-order valence-corrected chi connectivity index (χ4v) is 4.88. The number of hydrogen-bond acceptors (Lipinski definition) is 6. The van der Waals surface area contributed by atoms with Crippen molar-refractivity contribution in [1.29, 1.82) is 10.5 Å². The first-order chi connectivity index (χ1) is 12.9. The van der Waals surface area contributed by atoms with E-state index in [1.165, 1.54) is 17.4 Å². The second kappa shape index (κ2) is 7.99. The number of thiophene rings is 1. The summed E-state index contributed by atoms with van der Waals surface area (Å²) in [5.41, 5.74) is 1.48. The smallest absolute Gasteiger partial charge is 0.267 e.